The van der Waals surface area contributed by atoms with Crippen LogP contribution in [0, 0.1) is 5.82 Å². The van der Waals surface area contributed by atoms with E-state index in [1.807, 2.05) is 25.1 Å². The first-order chi connectivity index (χ1) is 8.20. The molecular formula is C13H12ClFN2. The Balaban J connectivity index is 2.38. The van der Waals surface area contributed by atoms with Gasteiger partial charge in [0.15, 0.2) is 0 Å². The lowest BCUT2D eigenvalue weighted by Crippen LogP contribution is -1.99. The summed E-state index contributed by atoms with van der Waals surface area (Å²) in [5, 5.41) is 3.23. The van der Waals surface area contributed by atoms with E-state index in [2.05, 4.69) is 10.3 Å². The van der Waals surface area contributed by atoms with E-state index in [9.17, 15) is 4.39 Å². The minimum atomic E-state index is -0.418. The molecule has 0 aliphatic carbocycles. The van der Waals surface area contributed by atoms with Gasteiger partial charge in [0.2, 0.25) is 0 Å². The Morgan fingerprint density at radius 3 is 2.82 bits per heavy atom. The van der Waals surface area contributed by atoms with Crippen LogP contribution in [0.25, 0.3) is 11.3 Å². The minimum absolute atomic E-state index is 0.109. The van der Waals surface area contributed by atoms with E-state index in [0.717, 1.165) is 23.6 Å². The van der Waals surface area contributed by atoms with Crippen molar-refractivity contribution in [2.45, 2.75) is 6.92 Å². The third kappa shape index (κ3) is 2.74. The van der Waals surface area contributed by atoms with Crippen molar-refractivity contribution in [3.63, 3.8) is 0 Å². The van der Waals surface area contributed by atoms with Crippen LogP contribution in [-0.4, -0.2) is 11.5 Å². The van der Waals surface area contributed by atoms with E-state index in [0.29, 0.717) is 0 Å². The Morgan fingerprint density at radius 1 is 1.29 bits per heavy atom. The van der Waals surface area contributed by atoms with Crippen LogP contribution in [0.5, 0.6) is 0 Å². The maximum atomic E-state index is 13.0. The molecule has 0 amide bonds. The second-order valence-corrected chi connectivity index (χ2v) is 3.97. The summed E-state index contributed by atoms with van der Waals surface area (Å²) < 4.78 is 13.0. The topological polar surface area (TPSA) is 24.9 Å². The quantitative estimate of drug-likeness (QED) is 0.892. The number of halogens is 2. The summed E-state index contributed by atoms with van der Waals surface area (Å²) in [4.78, 5) is 4.41. The van der Waals surface area contributed by atoms with E-state index in [-0.39, 0.29) is 5.02 Å². The molecule has 0 unspecified atom stereocenters. The average molecular weight is 251 g/mol. The number of hydrogen-bond donors (Lipinski definition) is 1. The number of benzene rings is 1. The zero-order valence-corrected chi connectivity index (χ0v) is 10.1. The van der Waals surface area contributed by atoms with Gasteiger partial charge < -0.3 is 5.32 Å². The van der Waals surface area contributed by atoms with Gasteiger partial charge in [-0.1, -0.05) is 17.7 Å². The summed E-state index contributed by atoms with van der Waals surface area (Å²) in [5.41, 5.74) is 1.57. The molecule has 1 aromatic carbocycles. The van der Waals surface area contributed by atoms with E-state index in [4.69, 9.17) is 11.6 Å². The van der Waals surface area contributed by atoms with Crippen LogP contribution in [-0.2, 0) is 0 Å². The van der Waals surface area contributed by atoms with Gasteiger partial charge in [0.25, 0.3) is 0 Å². The van der Waals surface area contributed by atoms with Crippen LogP contribution < -0.4 is 5.32 Å². The predicted octanol–water partition coefficient (Wildman–Crippen LogP) is 3.97. The van der Waals surface area contributed by atoms with Gasteiger partial charge in [0.1, 0.15) is 11.6 Å². The number of pyridine rings is 1. The fraction of sp³-hybridized carbons (Fsp3) is 0.154. The molecule has 0 atom stereocenters. The molecule has 2 aromatic rings. The van der Waals surface area contributed by atoms with Gasteiger partial charge >= 0.3 is 0 Å². The molecule has 0 saturated carbocycles. The minimum Gasteiger partial charge on any atom is -0.370 e. The van der Waals surface area contributed by atoms with Crippen LogP contribution in [0.1, 0.15) is 6.92 Å². The molecule has 17 heavy (non-hydrogen) atoms. The zero-order valence-electron chi connectivity index (χ0n) is 9.37. The molecule has 0 fully saturated rings. The number of nitrogens with one attached hydrogen (secondary N) is 1. The van der Waals surface area contributed by atoms with Gasteiger partial charge in [-0.2, -0.15) is 0 Å². The Hall–Kier alpha value is -1.61. The molecule has 2 nitrogen and oxygen atoms in total. The standard InChI is InChI=1S/C13H12ClFN2/c1-2-16-13-5-3-4-12(17-13)9-6-7-11(15)10(14)8-9/h3-8H,2H2,1H3,(H,16,17). The molecule has 1 N–H and O–H groups in total. The summed E-state index contributed by atoms with van der Waals surface area (Å²) in [5.74, 6) is 0.378. The summed E-state index contributed by atoms with van der Waals surface area (Å²) >= 11 is 5.75. The van der Waals surface area contributed by atoms with Gasteiger partial charge in [-0.3, -0.25) is 0 Å². The lowest BCUT2D eigenvalue weighted by atomic mass is 10.1. The summed E-state index contributed by atoms with van der Waals surface area (Å²) in [7, 11) is 0. The van der Waals surface area contributed by atoms with Crippen molar-refractivity contribution < 1.29 is 4.39 Å². The highest BCUT2D eigenvalue weighted by Gasteiger charge is 2.04. The van der Waals surface area contributed by atoms with Gasteiger partial charge in [-0.05, 0) is 37.3 Å². The predicted molar refractivity (Wildman–Crippen MR) is 68.8 cm³/mol. The highest BCUT2D eigenvalue weighted by Crippen LogP contribution is 2.24. The number of anilines is 1. The molecular weight excluding hydrogens is 239 g/mol. The molecule has 0 radical (unpaired) electrons. The van der Waals surface area contributed by atoms with Crippen molar-refractivity contribution in [2.24, 2.45) is 0 Å². The Morgan fingerprint density at radius 2 is 2.12 bits per heavy atom. The molecule has 0 saturated heterocycles. The molecule has 0 aliphatic heterocycles. The molecule has 1 heterocycles. The normalized spacial score (nSPS) is 10.3. The van der Waals surface area contributed by atoms with E-state index in [1.54, 1.807) is 12.1 Å². The van der Waals surface area contributed by atoms with E-state index < -0.39 is 5.82 Å². The lowest BCUT2D eigenvalue weighted by molar-refractivity contribution is 0.628. The molecule has 0 spiro atoms. The molecule has 4 heteroatoms. The fourth-order valence-corrected chi connectivity index (χ4v) is 1.71. The van der Waals surface area contributed by atoms with E-state index >= 15 is 0 Å². The van der Waals surface area contributed by atoms with Crippen molar-refractivity contribution in [1.82, 2.24) is 4.98 Å². The molecule has 0 aliphatic rings. The molecule has 0 bridgehead atoms. The van der Waals surface area contributed by atoms with Crippen LogP contribution in [0.4, 0.5) is 10.2 Å². The van der Waals surface area contributed by atoms with Crippen LogP contribution >= 0.6 is 11.6 Å². The van der Waals surface area contributed by atoms with Crippen molar-refractivity contribution in [2.75, 3.05) is 11.9 Å². The second kappa shape index (κ2) is 5.15. The fourth-order valence-electron chi connectivity index (χ4n) is 1.53. The number of aromatic nitrogens is 1. The lowest BCUT2D eigenvalue weighted by Gasteiger charge is -2.06. The smallest absolute Gasteiger partial charge is 0.141 e. The summed E-state index contributed by atoms with van der Waals surface area (Å²) in [6, 6.07) is 10.2. The maximum Gasteiger partial charge on any atom is 0.141 e. The van der Waals surface area contributed by atoms with Gasteiger partial charge in [0.05, 0.1) is 10.7 Å². The first kappa shape index (κ1) is 11.9. The number of hydrogen-bond acceptors (Lipinski definition) is 2. The highest BCUT2D eigenvalue weighted by atomic mass is 35.5. The van der Waals surface area contributed by atoms with Crippen molar-refractivity contribution in [1.29, 1.82) is 0 Å². The highest BCUT2D eigenvalue weighted by molar-refractivity contribution is 6.31. The van der Waals surface area contributed by atoms with Crippen molar-refractivity contribution >= 4 is 17.4 Å². The van der Waals surface area contributed by atoms with Crippen LogP contribution in [0.3, 0.4) is 0 Å². The Kier molecular flexibility index (Phi) is 3.59. The third-order valence-electron chi connectivity index (χ3n) is 2.32. The van der Waals surface area contributed by atoms with Gasteiger partial charge in [0, 0.05) is 12.1 Å². The largest absolute Gasteiger partial charge is 0.370 e. The van der Waals surface area contributed by atoms with E-state index in [1.165, 1.54) is 6.07 Å². The Labute approximate surface area is 104 Å². The molecule has 88 valence electrons. The second-order valence-electron chi connectivity index (χ2n) is 3.57. The maximum absolute atomic E-state index is 13.0. The SMILES string of the molecule is CCNc1cccc(-c2ccc(F)c(Cl)c2)n1. The first-order valence-corrected chi connectivity index (χ1v) is 5.75. The molecule has 2 rings (SSSR count). The summed E-state index contributed by atoms with van der Waals surface area (Å²) in [6.07, 6.45) is 0. The van der Waals surface area contributed by atoms with Gasteiger partial charge in [-0.15, -0.1) is 0 Å². The third-order valence-corrected chi connectivity index (χ3v) is 2.61. The Bertz CT molecular complexity index is 529. The summed E-state index contributed by atoms with van der Waals surface area (Å²) in [6.45, 7) is 2.81. The average Bonchev–Trinajstić information content (AvgIpc) is 2.33. The van der Waals surface area contributed by atoms with Crippen LogP contribution in [0.2, 0.25) is 5.02 Å². The number of rotatable bonds is 3. The molecule has 1 aromatic heterocycles. The number of nitrogens with zero attached hydrogens (tertiary/aromatic N) is 1. The van der Waals surface area contributed by atoms with Crippen LogP contribution in [0.15, 0.2) is 36.4 Å². The van der Waals surface area contributed by atoms with Crippen molar-refractivity contribution in [3.05, 3.63) is 47.2 Å². The van der Waals surface area contributed by atoms with Gasteiger partial charge in [-0.25, -0.2) is 9.37 Å². The van der Waals surface area contributed by atoms with Crippen molar-refractivity contribution in [3.8, 4) is 11.3 Å². The first-order valence-electron chi connectivity index (χ1n) is 5.37. The zero-order chi connectivity index (χ0) is 12.3. The monoisotopic (exact) mass is 250 g/mol.